The van der Waals surface area contributed by atoms with E-state index in [0.29, 0.717) is 6.42 Å². The summed E-state index contributed by atoms with van der Waals surface area (Å²) in [6, 6.07) is 7.84. The molecule has 1 amide bonds. The standard InChI is InChI=1S/C16H24N4O/c1-3-7-15-19-12-8-5-6-9-14(12)20(15)11-10-13(16(17)21)18-4-2/h5-6,8-9,13,18H,3-4,7,10-11H2,1-2H3,(H2,17,21). The van der Waals surface area contributed by atoms with Gasteiger partial charge in [-0.3, -0.25) is 4.79 Å². The number of aromatic nitrogens is 2. The minimum Gasteiger partial charge on any atom is -0.368 e. The highest BCUT2D eigenvalue weighted by atomic mass is 16.1. The van der Waals surface area contributed by atoms with Crippen molar-refractivity contribution in [2.75, 3.05) is 6.54 Å². The molecule has 0 spiro atoms. The van der Waals surface area contributed by atoms with Crippen LogP contribution in [0.3, 0.4) is 0 Å². The number of amides is 1. The quantitative estimate of drug-likeness (QED) is 0.778. The molecule has 0 aliphatic heterocycles. The first kappa shape index (κ1) is 15.5. The Morgan fingerprint density at radius 3 is 2.81 bits per heavy atom. The predicted octanol–water partition coefficient (Wildman–Crippen LogP) is 1.84. The van der Waals surface area contributed by atoms with E-state index in [1.54, 1.807) is 0 Å². The van der Waals surface area contributed by atoms with Gasteiger partial charge in [-0.25, -0.2) is 4.98 Å². The molecule has 114 valence electrons. The average Bonchev–Trinajstić information content (AvgIpc) is 2.81. The summed E-state index contributed by atoms with van der Waals surface area (Å²) in [6.45, 7) is 5.61. The zero-order valence-electron chi connectivity index (χ0n) is 12.8. The van der Waals surface area contributed by atoms with Crippen molar-refractivity contribution >= 4 is 16.9 Å². The number of likely N-dealkylation sites (N-methyl/N-ethyl adjacent to an activating group) is 1. The Bertz CT molecular complexity index is 605. The number of para-hydroxylation sites is 2. The number of fused-ring (bicyclic) bond motifs is 1. The Hall–Kier alpha value is -1.88. The molecule has 0 aliphatic carbocycles. The molecule has 5 nitrogen and oxygen atoms in total. The molecule has 0 radical (unpaired) electrons. The zero-order valence-corrected chi connectivity index (χ0v) is 12.8. The lowest BCUT2D eigenvalue weighted by Crippen LogP contribution is -2.41. The molecule has 3 N–H and O–H groups in total. The molecule has 2 aromatic rings. The van der Waals surface area contributed by atoms with Crippen molar-refractivity contribution in [1.29, 1.82) is 0 Å². The molecule has 1 aromatic heterocycles. The molecule has 0 fully saturated rings. The van der Waals surface area contributed by atoms with Crippen molar-refractivity contribution in [3.05, 3.63) is 30.1 Å². The van der Waals surface area contributed by atoms with E-state index in [9.17, 15) is 4.79 Å². The molecule has 0 bridgehead atoms. The summed E-state index contributed by atoms with van der Waals surface area (Å²) in [6.07, 6.45) is 2.67. The van der Waals surface area contributed by atoms with Crippen LogP contribution >= 0.6 is 0 Å². The number of nitrogens with two attached hydrogens (primary N) is 1. The highest BCUT2D eigenvalue weighted by Crippen LogP contribution is 2.18. The topological polar surface area (TPSA) is 72.9 Å². The smallest absolute Gasteiger partial charge is 0.234 e. The maximum atomic E-state index is 11.5. The minimum absolute atomic E-state index is 0.286. The first-order valence-corrected chi connectivity index (χ1v) is 7.64. The number of aryl methyl sites for hydroxylation is 2. The molecule has 1 atom stereocenters. The van der Waals surface area contributed by atoms with E-state index in [1.165, 1.54) is 0 Å². The maximum absolute atomic E-state index is 11.5. The van der Waals surface area contributed by atoms with E-state index >= 15 is 0 Å². The summed E-state index contributed by atoms with van der Waals surface area (Å²) in [5.41, 5.74) is 7.58. The molecule has 5 heteroatoms. The van der Waals surface area contributed by atoms with E-state index in [0.717, 1.165) is 42.8 Å². The highest BCUT2D eigenvalue weighted by molar-refractivity contribution is 5.80. The zero-order chi connectivity index (χ0) is 15.2. The summed E-state index contributed by atoms with van der Waals surface area (Å²) in [7, 11) is 0. The molecular formula is C16H24N4O. The number of carbonyl (C=O) groups excluding carboxylic acids is 1. The van der Waals surface area contributed by atoms with Crippen molar-refractivity contribution < 1.29 is 4.79 Å². The van der Waals surface area contributed by atoms with Gasteiger partial charge in [0, 0.05) is 13.0 Å². The van der Waals surface area contributed by atoms with Gasteiger partial charge >= 0.3 is 0 Å². The summed E-state index contributed by atoms with van der Waals surface area (Å²) in [5, 5.41) is 3.14. The molecule has 0 aliphatic rings. The van der Waals surface area contributed by atoms with Gasteiger partial charge in [0.15, 0.2) is 0 Å². The van der Waals surface area contributed by atoms with Crippen LogP contribution in [0.25, 0.3) is 11.0 Å². The fraction of sp³-hybridized carbons (Fsp3) is 0.500. The van der Waals surface area contributed by atoms with Crippen LogP contribution in [0.15, 0.2) is 24.3 Å². The first-order chi connectivity index (χ1) is 10.2. The fourth-order valence-electron chi connectivity index (χ4n) is 2.64. The van der Waals surface area contributed by atoms with Crippen molar-refractivity contribution in [3.63, 3.8) is 0 Å². The second-order valence-corrected chi connectivity index (χ2v) is 5.22. The number of primary amides is 1. The molecular weight excluding hydrogens is 264 g/mol. The molecule has 1 aromatic carbocycles. The second kappa shape index (κ2) is 7.22. The lowest BCUT2D eigenvalue weighted by Gasteiger charge is -2.16. The van der Waals surface area contributed by atoms with Gasteiger partial charge < -0.3 is 15.6 Å². The van der Waals surface area contributed by atoms with E-state index in [1.807, 2.05) is 25.1 Å². The van der Waals surface area contributed by atoms with Gasteiger partial charge in [0.05, 0.1) is 17.1 Å². The molecule has 21 heavy (non-hydrogen) atoms. The Kier molecular flexibility index (Phi) is 5.33. The lowest BCUT2D eigenvalue weighted by atomic mass is 10.2. The summed E-state index contributed by atoms with van der Waals surface area (Å²) in [5.74, 6) is 0.789. The van der Waals surface area contributed by atoms with Crippen LogP contribution in [-0.2, 0) is 17.8 Å². The van der Waals surface area contributed by atoms with Crippen LogP contribution in [0.1, 0.15) is 32.5 Å². The van der Waals surface area contributed by atoms with E-state index in [2.05, 4.69) is 22.9 Å². The summed E-state index contributed by atoms with van der Waals surface area (Å²) >= 11 is 0. The van der Waals surface area contributed by atoms with Gasteiger partial charge in [-0.05, 0) is 31.5 Å². The molecule has 2 rings (SSSR count). The van der Waals surface area contributed by atoms with Crippen LogP contribution < -0.4 is 11.1 Å². The van der Waals surface area contributed by atoms with Gasteiger partial charge in [-0.2, -0.15) is 0 Å². The normalized spacial score (nSPS) is 12.7. The third-order valence-electron chi connectivity index (χ3n) is 3.64. The lowest BCUT2D eigenvalue weighted by molar-refractivity contribution is -0.120. The number of imidazole rings is 1. The van der Waals surface area contributed by atoms with Gasteiger partial charge in [-0.15, -0.1) is 0 Å². The summed E-state index contributed by atoms with van der Waals surface area (Å²) in [4.78, 5) is 16.2. The fourth-order valence-corrected chi connectivity index (χ4v) is 2.64. The maximum Gasteiger partial charge on any atom is 0.234 e. The molecule has 1 heterocycles. The van der Waals surface area contributed by atoms with Crippen LogP contribution in [0.5, 0.6) is 0 Å². The van der Waals surface area contributed by atoms with Gasteiger partial charge in [0.2, 0.25) is 5.91 Å². The number of rotatable bonds is 8. The second-order valence-electron chi connectivity index (χ2n) is 5.22. The first-order valence-electron chi connectivity index (χ1n) is 7.64. The van der Waals surface area contributed by atoms with Gasteiger partial charge in [-0.1, -0.05) is 26.0 Å². The number of hydrogen-bond acceptors (Lipinski definition) is 3. The molecule has 1 unspecified atom stereocenters. The Labute approximate surface area is 125 Å². The molecule has 0 saturated heterocycles. The number of benzene rings is 1. The minimum atomic E-state index is -0.293. The van der Waals surface area contributed by atoms with Crippen molar-refractivity contribution in [2.45, 2.75) is 45.7 Å². The van der Waals surface area contributed by atoms with Gasteiger partial charge in [0.1, 0.15) is 5.82 Å². The Morgan fingerprint density at radius 2 is 2.14 bits per heavy atom. The number of hydrogen-bond donors (Lipinski definition) is 2. The van der Waals surface area contributed by atoms with Crippen LogP contribution in [0.2, 0.25) is 0 Å². The molecule has 0 saturated carbocycles. The predicted molar refractivity (Wildman–Crippen MR) is 85.0 cm³/mol. The SMILES string of the molecule is CCCc1nc2ccccc2n1CCC(NCC)C(N)=O. The average molecular weight is 288 g/mol. The van der Waals surface area contributed by atoms with Crippen molar-refractivity contribution in [1.82, 2.24) is 14.9 Å². The number of nitrogens with zero attached hydrogens (tertiary/aromatic N) is 2. The van der Waals surface area contributed by atoms with E-state index < -0.39 is 0 Å². The van der Waals surface area contributed by atoms with E-state index in [4.69, 9.17) is 10.7 Å². The van der Waals surface area contributed by atoms with E-state index in [-0.39, 0.29) is 11.9 Å². The van der Waals surface area contributed by atoms with Crippen molar-refractivity contribution in [2.24, 2.45) is 5.73 Å². The van der Waals surface area contributed by atoms with Crippen molar-refractivity contribution in [3.8, 4) is 0 Å². The third kappa shape index (κ3) is 3.61. The third-order valence-corrected chi connectivity index (χ3v) is 3.64. The summed E-state index contributed by atoms with van der Waals surface area (Å²) < 4.78 is 2.21. The monoisotopic (exact) mass is 288 g/mol. The largest absolute Gasteiger partial charge is 0.368 e. The van der Waals surface area contributed by atoms with Gasteiger partial charge in [0.25, 0.3) is 0 Å². The Balaban J connectivity index is 2.23. The van der Waals surface area contributed by atoms with Crippen LogP contribution in [-0.4, -0.2) is 28.0 Å². The number of nitrogens with one attached hydrogen (secondary N) is 1. The number of carbonyl (C=O) groups is 1. The Morgan fingerprint density at radius 1 is 1.38 bits per heavy atom. The highest BCUT2D eigenvalue weighted by Gasteiger charge is 2.16. The van der Waals surface area contributed by atoms with Crippen LogP contribution in [0, 0.1) is 0 Å². The van der Waals surface area contributed by atoms with Crippen LogP contribution in [0.4, 0.5) is 0 Å².